The van der Waals surface area contributed by atoms with Gasteiger partial charge in [-0.15, -0.1) is 29.9 Å². The van der Waals surface area contributed by atoms with Gasteiger partial charge in [0.15, 0.2) is 11.5 Å². The third-order valence-electron chi connectivity index (χ3n) is 3.71. The van der Waals surface area contributed by atoms with Gasteiger partial charge >= 0.3 is 6.18 Å². The van der Waals surface area contributed by atoms with Gasteiger partial charge in [-0.3, -0.25) is 4.79 Å². The lowest BCUT2D eigenvalue weighted by Crippen LogP contribution is -2.42. The number of amides is 1. The van der Waals surface area contributed by atoms with Crippen LogP contribution in [0.5, 0.6) is 0 Å². The molecule has 1 saturated heterocycles. The minimum Gasteiger partial charge on any atom is -0.348 e. The fourth-order valence-electron chi connectivity index (χ4n) is 2.39. The highest BCUT2D eigenvalue weighted by Gasteiger charge is 2.30. The maximum absolute atomic E-state index is 12.5. The van der Waals surface area contributed by atoms with E-state index in [0.29, 0.717) is 6.20 Å². The number of halogens is 5. The molecule has 12 heteroatoms. The number of aromatic nitrogens is 4. The zero-order valence-corrected chi connectivity index (χ0v) is 15.0. The molecule has 1 aliphatic rings. The van der Waals surface area contributed by atoms with Crippen LogP contribution < -0.4 is 10.6 Å². The highest BCUT2D eigenvalue weighted by molar-refractivity contribution is 5.92. The van der Waals surface area contributed by atoms with Gasteiger partial charge in [0.05, 0.1) is 11.8 Å². The molecule has 7 nitrogen and oxygen atoms in total. The molecule has 1 amide bonds. The van der Waals surface area contributed by atoms with E-state index in [1.54, 1.807) is 0 Å². The molecule has 26 heavy (non-hydrogen) atoms. The van der Waals surface area contributed by atoms with E-state index >= 15 is 0 Å². The van der Waals surface area contributed by atoms with Gasteiger partial charge in [-0.05, 0) is 38.1 Å². The van der Waals surface area contributed by atoms with E-state index in [4.69, 9.17) is 0 Å². The molecule has 2 aromatic heterocycles. The Morgan fingerprint density at radius 3 is 2.50 bits per heavy atom. The Morgan fingerprint density at radius 1 is 1.23 bits per heavy atom. The molecule has 0 radical (unpaired) electrons. The second kappa shape index (κ2) is 9.15. The summed E-state index contributed by atoms with van der Waals surface area (Å²) in [6, 6.07) is 2.15. The van der Waals surface area contributed by atoms with E-state index in [2.05, 4.69) is 25.9 Å². The zero-order chi connectivity index (χ0) is 17.2. The molecule has 2 N–H and O–H groups in total. The molecule has 1 aliphatic heterocycles. The second-order valence-electron chi connectivity index (χ2n) is 5.45. The monoisotopic (exact) mass is 412 g/mol. The first kappa shape index (κ1) is 22.1. The summed E-state index contributed by atoms with van der Waals surface area (Å²) in [5, 5.41) is 13.6. The standard InChI is InChI=1S/C14H15F3N6O.2ClH/c15-14(16,17)9-1-2-12(19-7-9)23-8-11(21-22-23)13(24)20-10-3-5-18-6-4-10;;/h1-2,7-8,10,18H,3-6H2,(H,20,24);2*1H. The molecule has 0 aliphatic carbocycles. The number of piperidine rings is 1. The first-order chi connectivity index (χ1) is 11.4. The zero-order valence-electron chi connectivity index (χ0n) is 13.4. The van der Waals surface area contributed by atoms with E-state index in [1.165, 1.54) is 12.3 Å². The van der Waals surface area contributed by atoms with E-state index in [-0.39, 0.29) is 48.3 Å². The average molecular weight is 413 g/mol. The lowest BCUT2D eigenvalue weighted by Gasteiger charge is -2.23. The number of nitrogens with zero attached hydrogens (tertiary/aromatic N) is 4. The topological polar surface area (TPSA) is 84.7 Å². The molecule has 0 bridgehead atoms. The van der Waals surface area contributed by atoms with Gasteiger partial charge in [0.1, 0.15) is 0 Å². The quantitative estimate of drug-likeness (QED) is 0.805. The molecule has 2 aromatic rings. The normalized spacial score (nSPS) is 14.9. The molecule has 1 fully saturated rings. The lowest BCUT2D eigenvalue weighted by molar-refractivity contribution is -0.137. The van der Waals surface area contributed by atoms with E-state index < -0.39 is 11.7 Å². The van der Waals surface area contributed by atoms with Crippen LogP contribution in [0.1, 0.15) is 28.9 Å². The van der Waals surface area contributed by atoms with Gasteiger partial charge in [0.2, 0.25) is 0 Å². The van der Waals surface area contributed by atoms with E-state index in [0.717, 1.165) is 36.7 Å². The second-order valence-corrected chi connectivity index (χ2v) is 5.45. The van der Waals surface area contributed by atoms with Crippen molar-refractivity contribution >= 4 is 30.7 Å². The summed E-state index contributed by atoms with van der Waals surface area (Å²) < 4.78 is 38.7. The number of alkyl halides is 3. The first-order valence-electron chi connectivity index (χ1n) is 7.41. The Bertz CT molecular complexity index is 716. The number of hydrogen-bond donors (Lipinski definition) is 2. The van der Waals surface area contributed by atoms with Gasteiger partial charge in [-0.2, -0.15) is 13.2 Å². The molecular weight excluding hydrogens is 396 g/mol. The van der Waals surface area contributed by atoms with Gasteiger partial charge in [0.25, 0.3) is 5.91 Å². The number of nitrogens with one attached hydrogen (secondary N) is 2. The third-order valence-corrected chi connectivity index (χ3v) is 3.71. The summed E-state index contributed by atoms with van der Waals surface area (Å²) in [5.41, 5.74) is -0.759. The fraction of sp³-hybridized carbons (Fsp3) is 0.429. The van der Waals surface area contributed by atoms with Crippen LogP contribution in [0, 0.1) is 0 Å². The SMILES string of the molecule is Cl.Cl.O=C(NC1CCNCC1)c1cn(-c2ccc(C(F)(F)F)cn2)nn1. The maximum atomic E-state index is 12.5. The molecule has 0 aromatic carbocycles. The van der Waals surface area contributed by atoms with Crippen LogP contribution in [0.2, 0.25) is 0 Å². The van der Waals surface area contributed by atoms with Gasteiger partial charge < -0.3 is 10.6 Å². The molecule has 0 saturated carbocycles. The predicted octanol–water partition coefficient (Wildman–Crippen LogP) is 2.01. The van der Waals surface area contributed by atoms with Crippen LogP contribution in [-0.2, 0) is 6.18 Å². The molecule has 3 heterocycles. The summed E-state index contributed by atoms with van der Waals surface area (Å²) in [5.74, 6) is -0.212. The highest BCUT2D eigenvalue weighted by atomic mass is 35.5. The van der Waals surface area contributed by atoms with Gasteiger partial charge in [0, 0.05) is 12.2 Å². The van der Waals surface area contributed by atoms with Crippen molar-refractivity contribution in [2.24, 2.45) is 0 Å². The first-order valence-corrected chi connectivity index (χ1v) is 7.41. The molecule has 0 unspecified atom stereocenters. The summed E-state index contributed by atoms with van der Waals surface area (Å²) in [6.07, 6.45) is -0.730. The number of carbonyl (C=O) groups is 1. The van der Waals surface area contributed by atoms with E-state index in [9.17, 15) is 18.0 Å². The Kier molecular flexibility index (Phi) is 7.79. The van der Waals surface area contributed by atoms with Crippen molar-refractivity contribution in [3.8, 4) is 5.82 Å². The predicted molar refractivity (Wildman–Crippen MR) is 92.0 cm³/mol. The highest BCUT2D eigenvalue weighted by Crippen LogP contribution is 2.28. The maximum Gasteiger partial charge on any atom is 0.417 e. The Labute approximate surface area is 159 Å². The third kappa shape index (κ3) is 5.29. The fourth-order valence-corrected chi connectivity index (χ4v) is 2.39. The minimum atomic E-state index is -4.45. The van der Waals surface area contributed by atoms with Crippen molar-refractivity contribution < 1.29 is 18.0 Å². The van der Waals surface area contributed by atoms with Crippen molar-refractivity contribution in [3.63, 3.8) is 0 Å². The van der Waals surface area contributed by atoms with Crippen LogP contribution >= 0.6 is 24.8 Å². The van der Waals surface area contributed by atoms with Crippen molar-refractivity contribution in [3.05, 3.63) is 35.8 Å². The molecule has 0 spiro atoms. The summed E-state index contributed by atoms with van der Waals surface area (Å²) in [4.78, 5) is 15.8. The van der Waals surface area contributed by atoms with Gasteiger partial charge in [-0.1, -0.05) is 5.21 Å². The van der Waals surface area contributed by atoms with Crippen LogP contribution in [0.25, 0.3) is 5.82 Å². The minimum absolute atomic E-state index is 0. The van der Waals surface area contributed by atoms with Crippen LogP contribution in [0.4, 0.5) is 13.2 Å². The largest absolute Gasteiger partial charge is 0.417 e. The van der Waals surface area contributed by atoms with Crippen molar-refractivity contribution in [2.45, 2.75) is 25.1 Å². The van der Waals surface area contributed by atoms with Crippen molar-refractivity contribution in [1.82, 2.24) is 30.6 Å². The number of rotatable bonds is 3. The Hall–Kier alpha value is -1.91. The number of pyridine rings is 1. The molecular formula is C14H17Cl2F3N6O. The molecule has 144 valence electrons. The van der Waals surface area contributed by atoms with Crippen molar-refractivity contribution in [2.75, 3.05) is 13.1 Å². The molecule has 3 rings (SSSR count). The molecule has 0 atom stereocenters. The van der Waals surface area contributed by atoms with E-state index in [1.807, 2.05) is 0 Å². The smallest absolute Gasteiger partial charge is 0.348 e. The van der Waals surface area contributed by atoms with Gasteiger partial charge in [-0.25, -0.2) is 9.67 Å². The number of hydrogen-bond acceptors (Lipinski definition) is 5. The van der Waals surface area contributed by atoms with Crippen molar-refractivity contribution in [1.29, 1.82) is 0 Å². The Balaban J connectivity index is 0.00000169. The lowest BCUT2D eigenvalue weighted by atomic mass is 10.1. The summed E-state index contributed by atoms with van der Waals surface area (Å²) in [6.45, 7) is 1.68. The Morgan fingerprint density at radius 2 is 1.92 bits per heavy atom. The van der Waals surface area contributed by atoms with Crippen LogP contribution in [-0.4, -0.2) is 45.0 Å². The average Bonchev–Trinajstić information content (AvgIpc) is 3.05. The van der Waals surface area contributed by atoms with Crippen LogP contribution in [0.3, 0.4) is 0 Å². The number of carbonyl (C=O) groups excluding carboxylic acids is 1. The van der Waals surface area contributed by atoms with Crippen LogP contribution in [0.15, 0.2) is 24.5 Å². The summed E-state index contributed by atoms with van der Waals surface area (Å²) in [7, 11) is 0. The summed E-state index contributed by atoms with van der Waals surface area (Å²) >= 11 is 0.